The van der Waals surface area contributed by atoms with Crippen molar-refractivity contribution in [3.63, 3.8) is 0 Å². The predicted octanol–water partition coefficient (Wildman–Crippen LogP) is 3.96. The van der Waals surface area contributed by atoms with Crippen LogP contribution in [0, 0.1) is 17.6 Å². The lowest BCUT2D eigenvalue weighted by atomic mass is 10.1. The summed E-state index contributed by atoms with van der Waals surface area (Å²) in [5, 5.41) is 6.32. The van der Waals surface area contributed by atoms with E-state index in [0.29, 0.717) is 25.0 Å². The first-order valence-electron chi connectivity index (χ1n) is 9.63. The third kappa shape index (κ3) is 5.65. The van der Waals surface area contributed by atoms with E-state index in [9.17, 15) is 8.78 Å². The molecule has 1 fully saturated rings. The lowest BCUT2D eigenvalue weighted by Gasteiger charge is -2.19. The molecule has 1 unspecified atom stereocenters. The van der Waals surface area contributed by atoms with Crippen molar-refractivity contribution in [1.29, 1.82) is 0 Å². The molecule has 28 heavy (non-hydrogen) atoms. The second-order valence-corrected chi connectivity index (χ2v) is 6.94. The van der Waals surface area contributed by atoms with Crippen LogP contribution in [-0.2, 0) is 6.54 Å². The van der Waals surface area contributed by atoms with Gasteiger partial charge in [0.25, 0.3) is 0 Å². The number of rotatable bonds is 8. The Morgan fingerprint density at radius 3 is 2.79 bits per heavy atom. The molecule has 0 aliphatic heterocycles. The molecule has 2 aromatic rings. The Hall–Kier alpha value is -2.70. The van der Waals surface area contributed by atoms with E-state index in [2.05, 4.69) is 20.6 Å². The number of nitrogens with zero attached hydrogens (tertiary/aromatic N) is 2. The number of halogens is 2. The summed E-state index contributed by atoms with van der Waals surface area (Å²) < 4.78 is 33.6. The monoisotopic (exact) mass is 388 g/mol. The number of benzene rings is 1. The van der Waals surface area contributed by atoms with Gasteiger partial charge in [0.1, 0.15) is 5.82 Å². The Morgan fingerprint density at radius 1 is 1.29 bits per heavy atom. The van der Waals surface area contributed by atoms with Gasteiger partial charge >= 0.3 is 0 Å². The molecule has 1 aliphatic rings. The maximum Gasteiger partial charge on any atom is 0.192 e. The highest BCUT2D eigenvalue weighted by atomic mass is 19.1. The number of hydrogen-bond donors (Lipinski definition) is 2. The quantitative estimate of drug-likeness (QED) is 0.531. The number of nitrogens with one attached hydrogen (secondary N) is 2. The molecule has 0 spiro atoms. The van der Waals surface area contributed by atoms with Gasteiger partial charge in [-0.25, -0.2) is 13.8 Å². The first-order chi connectivity index (χ1) is 13.6. The maximum absolute atomic E-state index is 14.3. The Kier molecular flexibility index (Phi) is 6.79. The molecular weight excluding hydrogens is 362 g/mol. The molecule has 0 radical (unpaired) electrons. The molecule has 1 atom stereocenters. The van der Waals surface area contributed by atoms with E-state index in [4.69, 9.17) is 4.74 Å². The van der Waals surface area contributed by atoms with Crippen molar-refractivity contribution in [2.24, 2.45) is 10.9 Å². The van der Waals surface area contributed by atoms with Crippen LogP contribution in [0.3, 0.4) is 0 Å². The van der Waals surface area contributed by atoms with E-state index in [1.165, 1.54) is 18.3 Å². The fourth-order valence-corrected chi connectivity index (χ4v) is 2.69. The molecule has 1 aromatic heterocycles. The molecule has 0 saturated heterocycles. The van der Waals surface area contributed by atoms with E-state index in [-0.39, 0.29) is 35.7 Å². The molecule has 0 bridgehead atoms. The van der Waals surface area contributed by atoms with E-state index in [1.807, 2.05) is 19.9 Å². The van der Waals surface area contributed by atoms with Gasteiger partial charge in [-0.15, -0.1) is 0 Å². The normalized spacial score (nSPS) is 15.2. The summed E-state index contributed by atoms with van der Waals surface area (Å²) in [6.07, 6.45) is 3.86. The lowest BCUT2D eigenvalue weighted by Crippen LogP contribution is -2.38. The number of aliphatic imine (C=N–C) groups is 1. The zero-order valence-electron chi connectivity index (χ0n) is 16.2. The fourth-order valence-electron chi connectivity index (χ4n) is 2.69. The standard InChI is InChI=1S/C21H26F2N4O/c1-3-24-21(26-12-19-17(22)5-4-10-25-19)27-14(2)16-8-9-20(18(23)11-16)28-13-15-6-7-15/h4-5,8-11,14-15H,3,6-7,12-13H2,1-2H3,(H2,24,26,27). The lowest BCUT2D eigenvalue weighted by molar-refractivity contribution is 0.285. The molecule has 150 valence electrons. The van der Waals surface area contributed by atoms with Crippen molar-refractivity contribution in [3.05, 3.63) is 59.4 Å². The summed E-state index contributed by atoms with van der Waals surface area (Å²) in [5.41, 5.74) is 1.04. The van der Waals surface area contributed by atoms with Gasteiger partial charge in [-0.1, -0.05) is 6.07 Å². The minimum absolute atomic E-state index is 0.108. The van der Waals surface area contributed by atoms with Gasteiger partial charge in [0, 0.05) is 12.7 Å². The van der Waals surface area contributed by atoms with Crippen LogP contribution in [0.5, 0.6) is 5.75 Å². The average molecular weight is 388 g/mol. The summed E-state index contributed by atoms with van der Waals surface area (Å²) in [5.74, 6) is 0.606. The molecule has 2 N–H and O–H groups in total. The zero-order valence-corrected chi connectivity index (χ0v) is 16.2. The van der Waals surface area contributed by atoms with Crippen molar-refractivity contribution in [3.8, 4) is 5.75 Å². The second kappa shape index (κ2) is 9.48. The number of ether oxygens (including phenoxy) is 1. The molecule has 1 aliphatic carbocycles. The molecule has 0 amide bonds. The van der Waals surface area contributed by atoms with Gasteiger partial charge in [0.15, 0.2) is 17.5 Å². The maximum atomic E-state index is 14.3. The molecule has 3 rings (SSSR count). The Morgan fingerprint density at radius 2 is 2.11 bits per heavy atom. The highest BCUT2D eigenvalue weighted by Crippen LogP contribution is 2.30. The molecule has 7 heteroatoms. The van der Waals surface area contributed by atoms with Gasteiger partial charge in [-0.2, -0.15) is 0 Å². The highest BCUT2D eigenvalue weighted by Gasteiger charge is 2.22. The van der Waals surface area contributed by atoms with Gasteiger partial charge in [-0.3, -0.25) is 4.98 Å². The first-order valence-corrected chi connectivity index (χ1v) is 9.63. The van der Waals surface area contributed by atoms with Gasteiger partial charge in [0.2, 0.25) is 0 Å². The van der Waals surface area contributed by atoms with E-state index in [0.717, 1.165) is 18.4 Å². The van der Waals surface area contributed by atoms with Gasteiger partial charge < -0.3 is 15.4 Å². The summed E-state index contributed by atoms with van der Waals surface area (Å²) >= 11 is 0. The third-order valence-corrected chi connectivity index (χ3v) is 4.55. The second-order valence-electron chi connectivity index (χ2n) is 6.94. The van der Waals surface area contributed by atoms with Crippen molar-refractivity contribution in [2.75, 3.05) is 13.2 Å². The Balaban J connectivity index is 1.64. The van der Waals surface area contributed by atoms with Crippen molar-refractivity contribution < 1.29 is 13.5 Å². The number of guanidine groups is 1. The topological polar surface area (TPSA) is 58.5 Å². The van der Waals surface area contributed by atoms with Crippen LogP contribution >= 0.6 is 0 Å². The van der Waals surface area contributed by atoms with Crippen molar-refractivity contribution in [1.82, 2.24) is 15.6 Å². The molecule has 1 saturated carbocycles. The largest absolute Gasteiger partial charge is 0.490 e. The zero-order chi connectivity index (χ0) is 19.9. The number of pyridine rings is 1. The summed E-state index contributed by atoms with van der Waals surface area (Å²) in [7, 11) is 0. The predicted molar refractivity (Wildman–Crippen MR) is 105 cm³/mol. The van der Waals surface area contributed by atoms with Crippen LogP contribution in [0.4, 0.5) is 8.78 Å². The molecular formula is C21H26F2N4O. The van der Waals surface area contributed by atoms with Gasteiger partial charge in [0.05, 0.1) is 24.9 Å². The van der Waals surface area contributed by atoms with Crippen LogP contribution in [-0.4, -0.2) is 24.1 Å². The van der Waals surface area contributed by atoms with E-state index < -0.39 is 0 Å². The minimum Gasteiger partial charge on any atom is -0.490 e. The van der Waals surface area contributed by atoms with Gasteiger partial charge in [-0.05, 0) is 62.4 Å². The van der Waals surface area contributed by atoms with Crippen LogP contribution < -0.4 is 15.4 Å². The number of aromatic nitrogens is 1. The highest BCUT2D eigenvalue weighted by molar-refractivity contribution is 5.80. The Labute approximate surface area is 164 Å². The Bertz CT molecular complexity index is 824. The molecule has 5 nitrogen and oxygen atoms in total. The summed E-state index contributed by atoms with van der Waals surface area (Å²) in [4.78, 5) is 8.38. The van der Waals surface area contributed by atoms with Crippen LogP contribution in [0.2, 0.25) is 0 Å². The minimum atomic E-state index is -0.390. The smallest absolute Gasteiger partial charge is 0.192 e. The van der Waals surface area contributed by atoms with E-state index >= 15 is 0 Å². The van der Waals surface area contributed by atoms with Crippen molar-refractivity contribution in [2.45, 2.75) is 39.3 Å². The summed E-state index contributed by atoms with van der Waals surface area (Å²) in [6, 6.07) is 7.68. The van der Waals surface area contributed by atoms with Crippen LogP contribution in [0.1, 0.15) is 44.0 Å². The third-order valence-electron chi connectivity index (χ3n) is 4.55. The van der Waals surface area contributed by atoms with Crippen molar-refractivity contribution >= 4 is 5.96 Å². The SMILES string of the molecule is CCNC(=NCc1ncccc1F)NC(C)c1ccc(OCC2CC2)c(F)c1. The van der Waals surface area contributed by atoms with Crippen LogP contribution in [0.15, 0.2) is 41.5 Å². The van der Waals surface area contributed by atoms with Crippen LogP contribution in [0.25, 0.3) is 0 Å². The average Bonchev–Trinajstić information content (AvgIpc) is 3.50. The first kappa shape index (κ1) is 20.0. The summed E-state index contributed by atoms with van der Waals surface area (Å²) in [6.45, 7) is 5.18. The molecule has 1 aromatic carbocycles. The number of hydrogen-bond acceptors (Lipinski definition) is 3. The fraction of sp³-hybridized carbons (Fsp3) is 0.429. The van der Waals surface area contributed by atoms with E-state index in [1.54, 1.807) is 12.1 Å². The molecule has 1 heterocycles.